The predicted octanol–water partition coefficient (Wildman–Crippen LogP) is 3.93. The molecule has 4 amide bonds. The summed E-state index contributed by atoms with van der Waals surface area (Å²) in [4.78, 5) is 91.3. The number of carbonyl (C=O) groups excluding carboxylic acids is 4. The van der Waals surface area contributed by atoms with Crippen molar-refractivity contribution in [2.24, 2.45) is 4.99 Å². The molecule has 2 aliphatic heterocycles. The average Bonchev–Trinajstić information content (AvgIpc) is 3.63. The number of hydrogen-bond donors (Lipinski definition) is 3. The van der Waals surface area contributed by atoms with Crippen LogP contribution in [0.2, 0.25) is 0 Å². The van der Waals surface area contributed by atoms with E-state index in [4.69, 9.17) is 14.2 Å². The SMILES string of the molecule is O=C(N=C(NC(=O)OCc1ccc([N+](=O)[O-])cc1)N1CCN(C(=O)C[C@H](O)[C@@H]2C[C@H](S)CN2C(=O)OCc2ccc([N+](=O)[O-])cc2)CC1)OCc1ccc([N+](=O)[O-])cc1. The Balaban J connectivity index is 1.17. The highest BCUT2D eigenvalue weighted by atomic mass is 32.1. The van der Waals surface area contributed by atoms with E-state index in [0.29, 0.717) is 16.7 Å². The molecule has 59 heavy (non-hydrogen) atoms. The molecule has 5 rings (SSSR count). The summed E-state index contributed by atoms with van der Waals surface area (Å²) in [5.41, 5.74) is 0.945. The third-order valence-corrected chi connectivity index (χ3v) is 9.64. The van der Waals surface area contributed by atoms with Crippen molar-refractivity contribution >= 4 is 59.8 Å². The van der Waals surface area contributed by atoms with Crippen molar-refractivity contribution in [1.29, 1.82) is 0 Å². The molecule has 2 aliphatic rings. The minimum atomic E-state index is -1.28. The second-order valence-electron chi connectivity index (χ2n) is 13.3. The summed E-state index contributed by atoms with van der Waals surface area (Å²) in [7, 11) is 0. The number of hydrogen-bond acceptors (Lipinski definition) is 15. The number of nitrogens with one attached hydrogen (secondary N) is 1. The number of aliphatic imine (C=N–C) groups is 1. The zero-order valence-corrected chi connectivity index (χ0v) is 32.0. The number of nitrogens with zero attached hydrogens (tertiary/aromatic N) is 7. The van der Waals surface area contributed by atoms with Crippen LogP contribution in [0.25, 0.3) is 0 Å². The monoisotopic (exact) mass is 838 g/mol. The van der Waals surface area contributed by atoms with Crippen molar-refractivity contribution in [2.45, 2.75) is 50.1 Å². The molecule has 2 saturated heterocycles. The topological polar surface area (TPSA) is 280 Å². The van der Waals surface area contributed by atoms with Crippen LogP contribution >= 0.6 is 12.6 Å². The number of nitro benzene ring substituents is 3. The van der Waals surface area contributed by atoms with Gasteiger partial charge in [0.25, 0.3) is 17.1 Å². The average molecular weight is 839 g/mol. The lowest BCUT2D eigenvalue weighted by Gasteiger charge is -2.37. The highest BCUT2D eigenvalue weighted by molar-refractivity contribution is 7.81. The Morgan fingerprint density at radius 3 is 1.64 bits per heavy atom. The molecule has 2 N–H and O–H groups in total. The van der Waals surface area contributed by atoms with E-state index in [1.807, 2.05) is 0 Å². The number of non-ortho nitro benzene ring substituents is 3. The number of rotatable bonds is 12. The number of nitro groups is 3. The van der Waals surface area contributed by atoms with Gasteiger partial charge < -0.3 is 34.0 Å². The Morgan fingerprint density at radius 1 is 0.729 bits per heavy atom. The van der Waals surface area contributed by atoms with Crippen LogP contribution in [0.4, 0.5) is 31.4 Å². The first-order valence-corrected chi connectivity index (χ1v) is 18.4. The quantitative estimate of drug-likeness (QED) is 0.0582. The van der Waals surface area contributed by atoms with E-state index in [2.05, 4.69) is 22.9 Å². The summed E-state index contributed by atoms with van der Waals surface area (Å²) in [6.45, 7) is -0.344. The molecule has 23 heteroatoms. The van der Waals surface area contributed by atoms with E-state index in [-0.39, 0.29) is 93.7 Å². The standard InChI is InChI=1S/C36H38N8O14S/c45-31(30-17-29(59)19-41(30)36(49)58-22-25-5-11-28(12-6-25)44(54)55)18-32(46)39-13-15-40(16-14-39)33(37-34(47)56-20-23-1-7-26(8-2-23)42(50)51)38-35(48)57-21-24-3-9-27(10-4-24)43(52)53/h1-12,29-31,45,59H,13-22H2,(H,37,38,47,48)/t29-,30-,31-/m0/s1. The first-order chi connectivity index (χ1) is 28.2. The minimum Gasteiger partial charge on any atom is -0.445 e. The van der Waals surface area contributed by atoms with Crippen molar-refractivity contribution in [3.05, 3.63) is 120 Å². The fourth-order valence-electron chi connectivity index (χ4n) is 6.12. The third-order valence-electron chi connectivity index (χ3n) is 9.26. The van der Waals surface area contributed by atoms with Gasteiger partial charge in [-0.25, -0.2) is 14.4 Å². The van der Waals surface area contributed by atoms with Crippen molar-refractivity contribution in [3.8, 4) is 0 Å². The van der Waals surface area contributed by atoms with Gasteiger partial charge in [-0.05, 0) is 59.5 Å². The van der Waals surface area contributed by atoms with Crippen LogP contribution in [0.15, 0.2) is 77.8 Å². The number of guanidine groups is 1. The van der Waals surface area contributed by atoms with E-state index in [9.17, 15) is 54.6 Å². The van der Waals surface area contributed by atoms with Gasteiger partial charge in [0.2, 0.25) is 11.9 Å². The molecule has 22 nitrogen and oxygen atoms in total. The molecular formula is C36H38N8O14S. The smallest absolute Gasteiger partial charge is 0.437 e. The maximum absolute atomic E-state index is 13.4. The van der Waals surface area contributed by atoms with Gasteiger partial charge in [0.05, 0.1) is 33.3 Å². The van der Waals surface area contributed by atoms with Crippen LogP contribution < -0.4 is 5.32 Å². The molecule has 0 spiro atoms. The van der Waals surface area contributed by atoms with Gasteiger partial charge in [-0.15, -0.1) is 4.99 Å². The van der Waals surface area contributed by atoms with Gasteiger partial charge >= 0.3 is 18.3 Å². The highest BCUT2D eigenvalue weighted by Crippen LogP contribution is 2.27. The number of likely N-dealkylation sites (tertiary alicyclic amines) is 1. The summed E-state index contributed by atoms with van der Waals surface area (Å²) in [5, 5.41) is 46.1. The molecule has 0 saturated carbocycles. The summed E-state index contributed by atoms with van der Waals surface area (Å²) >= 11 is 4.47. The van der Waals surface area contributed by atoms with Gasteiger partial charge in [0.1, 0.15) is 19.8 Å². The zero-order valence-electron chi connectivity index (χ0n) is 31.1. The molecule has 0 unspecified atom stereocenters. The fraction of sp³-hybridized carbons (Fsp3) is 0.361. The van der Waals surface area contributed by atoms with E-state index < -0.39 is 51.1 Å². The number of amides is 4. The molecule has 312 valence electrons. The Bertz CT molecular complexity index is 2060. The lowest BCUT2D eigenvalue weighted by molar-refractivity contribution is -0.385. The second-order valence-corrected chi connectivity index (χ2v) is 14.0. The number of benzene rings is 3. The van der Waals surface area contributed by atoms with E-state index in [1.54, 1.807) is 0 Å². The Labute approximate surface area is 340 Å². The van der Waals surface area contributed by atoms with Gasteiger partial charge in [-0.3, -0.25) is 40.5 Å². The third kappa shape index (κ3) is 12.3. The molecule has 0 bridgehead atoms. The van der Waals surface area contributed by atoms with E-state index in [1.165, 1.54) is 87.5 Å². The normalized spacial score (nSPS) is 17.1. The fourth-order valence-corrected chi connectivity index (χ4v) is 6.51. The molecule has 0 aliphatic carbocycles. The van der Waals surface area contributed by atoms with Crippen molar-refractivity contribution < 1.29 is 53.3 Å². The Kier molecular flexibility index (Phi) is 14.7. The summed E-state index contributed by atoms with van der Waals surface area (Å²) in [6, 6.07) is 15.3. The van der Waals surface area contributed by atoms with E-state index in [0.717, 1.165) is 0 Å². The molecule has 2 fully saturated rings. The first-order valence-electron chi connectivity index (χ1n) is 17.9. The van der Waals surface area contributed by atoms with Gasteiger partial charge in [0, 0.05) is 74.4 Å². The van der Waals surface area contributed by atoms with Crippen molar-refractivity contribution in [3.63, 3.8) is 0 Å². The molecule has 3 aromatic rings. The van der Waals surface area contributed by atoms with Crippen LogP contribution in [0.3, 0.4) is 0 Å². The second kappa shape index (κ2) is 20.0. The van der Waals surface area contributed by atoms with Crippen molar-refractivity contribution in [2.75, 3.05) is 32.7 Å². The number of aliphatic hydroxyl groups is 1. The lowest BCUT2D eigenvalue weighted by Crippen LogP contribution is -2.55. The zero-order chi connectivity index (χ0) is 42.6. The Hall–Kier alpha value is -6.88. The summed E-state index contributed by atoms with van der Waals surface area (Å²) in [5.74, 6) is -0.705. The molecule has 2 heterocycles. The maximum Gasteiger partial charge on any atom is 0.437 e. The molecule has 3 atom stereocenters. The summed E-state index contributed by atoms with van der Waals surface area (Å²) < 4.78 is 15.8. The molecule has 0 aromatic heterocycles. The lowest BCUT2D eigenvalue weighted by atomic mass is 10.0. The van der Waals surface area contributed by atoms with Crippen LogP contribution in [0, 0.1) is 30.3 Å². The maximum atomic E-state index is 13.4. The van der Waals surface area contributed by atoms with Gasteiger partial charge in [-0.2, -0.15) is 12.6 Å². The van der Waals surface area contributed by atoms with Crippen LogP contribution in [-0.4, -0.2) is 115 Å². The van der Waals surface area contributed by atoms with Crippen LogP contribution in [-0.2, 0) is 38.8 Å². The van der Waals surface area contributed by atoms with Crippen LogP contribution in [0.5, 0.6) is 0 Å². The van der Waals surface area contributed by atoms with Crippen molar-refractivity contribution in [1.82, 2.24) is 20.0 Å². The number of piperazine rings is 1. The number of ether oxygens (including phenoxy) is 3. The number of aliphatic hydroxyl groups excluding tert-OH is 1. The molecular weight excluding hydrogens is 801 g/mol. The predicted molar refractivity (Wildman–Crippen MR) is 207 cm³/mol. The summed E-state index contributed by atoms with van der Waals surface area (Å²) in [6.07, 6.45) is -4.24. The van der Waals surface area contributed by atoms with E-state index >= 15 is 0 Å². The minimum absolute atomic E-state index is 0.0577. The van der Waals surface area contributed by atoms with Gasteiger partial charge in [-0.1, -0.05) is 0 Å². The van der Waals surface area contributed by atoms with Crippen LogP contribution in [0.1, 0.15) is 29.5 Å². The largest absolute Gasteiger partial charge is 0.445 e. The highest BCUT2D eigenvalue weighted by Gasteiger charge is 2.40. The molecule has 0 radical (unpaired) electrons. The molecule has 3 aromatic carbocycles. The Morgan fingerprint density at radius 2 is 1.17 bits per heavy atom. The van der Waals surface area contributed by atoms with Gasteiger partial charge in [0.15, 0.2) is 0 Å². The number of thiol groups is 1. The number of alkyl carbamates (subject to hydrolysis) is 1. The number of carbonyl (C=O) groups is 4. The first kappa shape index (κ1) is 43.2.